The normalized spacial score (nSPS) is 15.9. The number of rotatable bonds is 10. The molecule has 158 valence electrons. The van der Waals surface area contributed by atoms with Crippen LogP contribution in [-0.2, 0) is 11.3 Å². The molecule has 0 aliphatic carbocycles. The Hall–Kier alpha value is -1.79. The molecular formula is C22H38N4O2. The molecule has 6 heteroatoms. The predicted molar refractivity (Wildman–Crippen MR) is 116 cm³/mol. The van der Waals surface area contributed by atoms with Crippen LogP contribution in [0.5, 0.6) is 5.75 Å². The minimum Gasteiger partial charge on any atom is -0.492 e. The van der Waals surface area contributed by atoms with Crippen LogP contribution in [0.4, 0.5) is 0 Å². The van der Waals surface area contributed by atoms with E-state index in [1.807, 2.05) is 12.1 Å². The lowest BCUT2D eigenvalue weighted by Crippen LogP contribution is -2.39. The molecular weight excluding hydrogens is 352 g/mol. The quantitative estimate of drug-likeness (QED) is 0.475. The van der Waals surface area contributed by atoms with E-state index in [-0.39, 0.29) is 0 Å². The zero-order chi connectivity index (χ0) is 20.2. The Morgan fingerprint density at radius 2 is 2.07 bits per heavy atom. The second-order valence-corrected chi connectivity index (χ2v) is 7.79. The van der Waals surface area contributed by atoms with Crippen LogP contribution in [0.15, 0.2) is 29.3 Å². The van der Waals surface area contributed by atoms with Gasteiger partial charge in [-0.25, -0.2) is 4.99 Å². The molecule has 0 spiro atoms. The third-order valence-corrected chi connectivity index (χ3v) is 4.87. The van der Waals surface area contributed by atoms with Crippen LogP contribution in [0, 0.1) is 5.92 Å². The third-order valence-electron chi connectivity index (χ3n) is 4.87. The van der Waals surface area contributed by atoms with Crippen molar-refractivity contribution in [2.45, 2.75) is 46.2 Å². The second-order valence-electron chi connectivity index (χ2n) is 7.79. The van der Waals surface area contributed by atoms with Gasteiger partial charge >= 0.3 is 0 Å². The lowest BCUT2D eigenvalue weighted by Gasteiger charge is -2.31. The summed E-state index contributed by atoms with van der Waals surface area (Å²) in [6.07, 6.45) is 2.23. The van der Waals surface area contributed by atoms with Crippen molar-refractivity contribution in [2.75, 3.05) is 46.5 Å². The summed E-state index contributed by atoms with van der Waals surface area (Å²) in [5, 5.41) is 6.67. The Kier molecular flexibility index (Phi) is 10.1. The summed E-state index contributed by atoms with van der Waals surface area (Å²) in [4.78, 5) is 7.07. The molecule has 0 amide bonds. The number of hydrogen-bond acceptors (Lipinski definition) is 4. The van der Waals surface area contributed by atoms with Crippen LogP contribution in [0.25, 0.3) is 0 Å². The van der Waals surface area contributed by atoms with Crippen molar-refractivity contribution in [3.8, 4) is 5.75 Å². The molecule has 2 N–H and O–H groups in total. The minimum atomic E-state index is 0.583. The van der Waals surface area contributed by atoms with E-state index in [1.165, 1.54) is 0 Å². The smallest absolute Gasteiger partial charge is 0.191 e. The topological polar surface area (TPSA) is 58.1 Å². The maximum absolute atomic E-state index is 5.99. The first kappa shape index (κ1) is 22.5. The highest BCUT2D eigenvalue weighted by molar-refractivity contribution is 5.79. The lowest BCUT2D eigenvalue weighted by molar-refractivity contribution is 0.0392. The fraction of sp³-hybridized carbons (Fsp3) is 0.682. The summed E-state index contributed by atoms with van der Waals surface area (Å²) in [6.45, 7) is 12.2. The van der Waals surface area contributed by atoms with Crippen LogP contribution >= 0.6 is 0 Å². The summed E-state index contributed by atoms with van der Waals surface area (Å²) in [5.74, 6) is 2.36. The standard InChI is InChI=1S/C22H38N4O2/c1-5-23-22(24-16-18(2)3)25-17-19-7-6-8-21(15-19)28-14-11-26(4)20-9-12-27-13-10-20/h6-8,15,18,20H,5,9-14,16-17H2,1-4H3,(H2,23,24,25). The van der Waals surface area contributed by atoms with Gasteiger partial charge < -0.3 is 20.1 Å². The zero-order valence-electron chi connectivity index (χ0n) is 18.0. The summed E-state index contributed by atoms with van der Waals surface area (Å²) in [6, 6.07) is 8.85. The van der Waals surface area contributed by atoms with Gasteiger partial charge in [0.2, 0.25) is 0 Å². The van der Waals surface area contributed by atoms with Gasteiger partial charge in [-0.15, -0.1) is 0 Å². The molecule has 0 saturated carbocycles. The SMILES string of the molecule is CCNC(=NCc1cccc(OCCN(C)C2CCOCC2)c1)NCC(C)C. The van der Waals surface area contributed by atoms with Crippen molar-refractivity contribution >= 4 is 5.96 Å². The van der Waals surface area contributed by atoms with Crippen molar-refractivity contribution in [3.63, 3.8) is 0 Å². The Balaban J connectivity index is 1.80. The zero-order valence-corrected chi connectivity index (χ0v) is 18.0. The van der Waals surface area contributed by atoms with Gasteiger partial charge in [0.25, 0.3) is 0 Å². The van der Waals surface area contributed by atoms with Crippen molar-refractivity contribution in [3.05, 3.63) is 29.8 Å². The van der Waals surface area contributed by atoms with E-state index in [2.05, 4.69) is 60.5 Å². The fourth-order valence-electron chi connectivity index (χ4n) is 3.16. The van der Waals surface area contributed by atoms with Crippen LogP contribution in [0.2, 0.25) is 0 Å². The summed E-state index contributed by atoms with van der Waals surface area (Å²) >= 11 is 0. The molecule has 0 aromatic heterocycles. The van der Waals surface area contributed by atoms with E-state index in [0.717, 1.165) is 63.0 Å². The second kappa shape index (κ2) is 12.6. The van der Waals surface area contributed by atoms with Crippen LogP contribution in [-0.4, -0.2) is 63.4 Å². The molecule has 1 heterocycles. The average molecular weight is 391 g/mol. The highest BCUT2D eigenvalue weighted by Crippen LogP contribution is 2.15. The fourth-order valence-corrected chi connectivity index (χ4v) is 3.16. The summed E-state index contributed by atoms with van der Waals surface area (Å²) < 4.78 is 11.4. The largest absolute Gasteiger partial charge is 0.492 e. The number of nitrogens with one attached hydrogen (secondary N) is 2. The molecule has 1 aromatic carbocycles. The molecule has 2 rings (SSSR count). The number of nitrogens with zero attached hydrogens (tertiary/aromatic N) is 2. The van der Waals surface area contributed by atoms with Gasteiger partial charge in [-0.3, -0.25) is 4.90 Å². The van der Waals surface area contributed by atoms with Gasteiger partial charge in [0.05, 0.1) is 6.54 Å². The number of ether oxygens (including phenoxy) is 2. The first-order valence-electron chi connectivity index (χ1n) is 10.6. The summed E-state index contributed by atoms with van der Waals surface area (Å²) in [5.41, 5.74) is 1.15. The molecule has 28 heavy (non-hydrogen) atoms. The van der Waals surface area contributed by atoms with E-state index in [1.54, 1.807) is 0 Å². The Bertz CT molecular complexity index is 586. The molecule has 1 fully saturated rings. The Labute approximate surface area is 170 Å². The van der Waals surface area contributed by atoms with E-state index in [0.29, 0.717) is 25.1 Å². The molecule has 6 nitrogen and oxygen atoms in total. The Morgan fingerprint density at radius 1 is 1.29 bits per heavy atom. The monoisotopic (exact) mass is 390 g/mol. The molecule has 0 bridgehead atoms. The van der Waals surface area contributed by atoms with Gasteiger partial charge in [0, 0.05) is 38.9 Å². The van der Waals surface area contributed by atoms with Crippen molar-refractivity contribution in [1.29, 1.82) is 0 Å². The van der Waals surface area contributed by atoms with Crippen molar-refractivity contribution in [2.24, 2.45) is 10.9 Å². The molecule has 0 atom stereocenters. The third kappa shape index (κ3) is 8.48. The van der Waals surface area contributed by atoms with Crippen molar-refractivity contribution < 1.29 is 9.47 Å². The summed E-state index contributed by atoms with van der Waals surface area (Å²) in [7, 11) is 2.18. The molecule has 1 saturated heterocycles. The lowest BCUT2D eigenvalue weighted by atomic mass is 10.1. The van der Waals surface area contributed by atoms with Crippen molar-refractivity contribution in [1.82, 2.24) is 15.5 Å². The molecule has 1 aliphatic heterocycles. The van der Waals surface area contributed by atoms with E-state index < -0.39 is 0 Å². The van der Waals surface area contributed by atoms with Gasteiger partial charge in [-0.05, 0) is 50.4 Å². The highest BCUT2D eigenvalue weighted by Gasteiger charge is 2.17. The number of guanidine groups is 1. The van der Waals surface area contributed by atoms with Crippen LogP contribution in [0.1, 0.15) is 39.2 Å². The van der Waals surface area contributed by atoms with Gasteiger partial charge in [-0.2, -0.15) is 0 Å². The molecule has 1 aliphatic rings. The molecule has 0 unspecified atom stereocenters. The maximum Gasteiger partial charge on any atom is 0.191 e. The first-order valence-corrected chi connectivity index (χ1v) is 10.6. The van der Waals surface area contributed by atoms with Gasteiger partial charge in [0.15, 0.2) is 5.96 Å². The molecule has 1 aromatic rings. The van der Waals surface area contributed by atoms with Crippen LogP contribution in [0.3, 0.4) is 0 Å². The van der Waals surface area contributed by atoms with Gasteiger partial charge in [-0.1, -0.05) is 26.0 Å². The number of aliphatic imine (C=N–C) groups is 1. The minimum absolute atomic E-state index is 0.583. The van der Waals surface area contributed by atoms with Gasteiger partial charge in [0.1, 0.15) is 12.4 Å². The number of benzene rings is 1. The Morgan fingerprint density at radius 3 is 2.79 bits per heavy atom. The predicted octanol–water partition coefficient (Wildman–Crippen LogP) is 2.89. The van der Waals surface area contributed by atoms with Crippen LogP contribution < -0.4 is 15.4 Å². The maximum atomic E-state index is 5.99. The molecule has 0 radical (unpaired) electrons. The first-order chi connectivity index (χ1) is 13.6. The van der Waals surface area contributed by atoms with E-state index >= 15 is 0 Å². The number of hydrogen-bond donors (Lipinski definition) is 2. The average Bonchev–Trinajstić information content (AvgIpc) is 2.71. The van der Waals surface area contributed by atoms with E-state index in [9.17, 15) is 0 Å². The highest BCUT2D eigenvalue weighted by atomic mass is 16.5. The van der Waals surface area contributed by atoms with E-state index in [4.69, 9.17) is 9.47 Å². The number of likely N-dealkylation sites (N-methyl/N-ethyl adjacent to an activating group) is 1.